The van der Waals surface area contributed by atoms with Gasteiger partial charge in [-0.15, -0.1) is 39.3 Å². The average molecular weight is 382 g/mol. The number of nitrogens with zero attached hydrogens (tertiary/aromatic N) is 6. The van der Waals surface area contributed by atoms with Gasteiger partial charge in [0.2, 0.25) is 0 Å². The van der Waals surface area contributed by atoms with Crippen LogP contribution in [-0.4, -0.2) is 57.8 Å². The van der Waals surface area contributed by atoms with Crippen molar-refractivity contribution in [2.75, 3.05) is 39.3 Å². The summed E-state index contributed by atoms with van der Waals surface area (Å²) in [6.45, 7) is 6.41. The van der Waals surface area contributed by atoms with Crippen LogP contribution in [-0.2, 0) is 17.4 Å². The molecular weight excluding hydrogens is 352 g/mol. The average Bonchev–Trinajstić information content (AvgIpc) is 3.33. The molecule has 25 heavy (non-hydrogen) atoms. The van der Waals surface area contributed by atoms with Gasteiger partial charge in [-0.2, -0.15) is 0 Å². The zero-order valence-electron chi connectivity index (χ0n) is 15.0. The van der Waals surface area contributed by atoms with Crippen molar-refractivity contribution in [1.29, 1.82) is 0 Å². The van der Waals surface area contributed by atoms with Gasteiger partial charge in [0.1, 0.15) is 0 Å². The van der Waals surface area contributed by atoms with E-state index in [9.17, 15) is 0 Å². The third kappa shape index (κ3) is 5.18. The fraction of sp³-hybridized carbons (Fsp3) is 1.00. The van der Waals surface area contributed by atoms with E-state index in [4.69, 9.17) is 0 Å². The van der Waals surface area contributed by atoms with E-state index < -0.39 is 0 Å². The largest absolute Gasteiger partial charge is 6.00 e. The Hall–Kier alpha value is 0.292. The molecule has 7 heteroatoms. The van der Waals surface area contributed by atoms with E-state index in [2.05, 4.69) is 31.9 Å². The second kappa shape index (κ2) is 10.0. The molecule has 0 spiro atoms. The summed E-state index contributed by atoms with van der Waals surface area (Å²) in [5.41, 5.74) is 0. The molecule has 6 rings (SSSR count). The number of hydrogen-bond donors (Lipinski definition) is 0. The summed E-state index contributed by atoms with van der Waals surface area (Å²) in [4.78, 5) is 0. The SMILES string of the molecule is C1CC2CC[N-]C2[N-]1.C1CC2CC[N-]C2[N-]1.C1CC2CC[N-]C2[N-]1.[Cr+6]. The Labute approximate surface area is 163 Å². The van der Waals surface area contributed by atoms with Crippen LogP contribution < -0.4 is 0 Å². The first-order valence-electron chi connectivity index (χ1n) is 9.90. The minimum Gasteiger partial charge on any atom is -0.678 e. The maximum absolute atomic E-state index is 4.33. The Morgan fingerprint density at radius 3 is 0.720 bits per heavy atom. The summed E-state index contributed by atoms with van der Waals surface area (Å²) in [5.74, 6) is 2.53. The summed E-state index contributed by atoms with van der Waals surface area (Å²) >= 11 is 0. The molecule has 0 bridgehead atoms. The second-order valence-electron chi connectivity index (χ2n) is 7.69. The first-order chi connectivity index (χ1) is 11.9. The van der Waals surface area contributed by atoms with Crippen LogP contribution in [0.1, 0.15) is 38.5 Å². The molecule has 138 valence electrons. The molecular formula is C18H30CrN6. The molecule has 6 fully saturated rings. The molecule has 0 amide bonds. The topological polar surface area (TPSA) is 84.6 Å². The Kier molecular flexibility index (Phi) is 8.02. The smallest absolute Gasteiger partial charge is 0.678 e. The van der Waals surface area contributed by atoms with E-state index >= 15 is 0 Å². The van der Waals surface area contributed by atoms with Gasteiger partial charge in [-0.1, -0.05) is 56.3 Å². The molecule has 6 saturated heterocycles. The van der Waals surface area contributed by atoms with Crippen molar-refractivity contribution >= 4 is 0 Å². The Balaban J connectivity index is 0.000000107. The quantitative estimate of drug-likeness (QED) is 0.593. The van der Waals surface area contributed by atoms with E-state index in [1.807, 2.05) is 0 Å². The Morgan fingerprint density at radius 2 is 0.560 bits per heavy atom. The zero-order chi connectivity index (χ0) is 16.2. The van der Waals surface area contributed by atoms with Gasteiger partial charge in [-0.25, -0.2) is 18.5 Å². The summed E-state index contributed by atoms with van der Waals surface area (Å²) in [5, 5.41) is 26.0. The number of fused-ring (bicyclic) bond motifs is 3. The summed E-state index contributed by atoms with van der Waals surface area (Å²) in [6, 6.07) is 0. The minimum atomic E-state index is 0. The van der Waals surface area contributed by atoms with Gasteiger partial charge < -0.3 is 31.9 Å². The van der Waals surface area contributed by atoms with Crippen molar-refractivity contribution in [1.82, 2.24) is 0 Å². The van der Waals surface area contributed by atoms with E-state index in [0.29, 0.717) is 18.5 Å². The fourth-order valence-electron chi connectivity index (χ4n) is 4.63. The van der Waals surface area contributed by atoms with Gasteiger partial charge in [0.05, 0.1) is 0 Å². The monoisotopic (exact) mass is 382 g/mol. The van der Waals surface area contributed by atoms with Crippen LogP contribution in [0.15, 0.2) is 0 Å². The molecule has 0 atom stereocenters. The molecule has 0 aromatic rings. The van der Waals surface area contributed by atoms with Crippen molar-refractivity contribution < 1.29 is 17.4 Å². The summed E-state index contributed by atoms with van der Waals surface area (Å²) in [6.07, 6.45) is 9.08. The first kappa shape index (κ1) is 20.0. The van der Waals surface area contributed by atoms with Gasteiger partial charge >= 0.3 is 17.4 Å². The molecule has 0 aromatic heterocycles. The Morgan fingerprint density at radius 1 is 0.360 bits per heavy atom. The second-order valence-corrected chi connectivity index (χ2v) is 7.69. The third-order valence-corrected chi connectivity index (χ3v) is 6.16. The van der Waals surface area contributed by atoms with Crippen LogP contribution in [0, 0.1) is 17.8 Å². The summed E-state index contributed by atoms with van der Waals surface area (Å²) < 4.78 is 0. The standard InChI is InChI=1S/3C6H10N2.Cr/c3*1-3-7-6-5(1)2-4-8-6;/h3*5-6H,1-4H2;/q3*-2;+6. The van der Waals surface area contributed by atoms with Crippen LogP contribution >= 0.6 is 0 Å². The Bertz CT molecular complexity index is 281. The summed E-state index contributed by atoms with van der Waals surface area (Å²) in [7, 11) is 0. The third-order valence-electron chi connectivity index (χ3n) is 6.16. The normalized spacial score (nSPS) is 43.2. The van der Waals surface area contributed by atoms with Crippen LogP contribution in [0.2, 0.25) is 0 Å². The number of hydrogen-bond acceptors (Lipinski definition) is 0. The zero-order valence-corrected chi connectivity index (χ0v) is 16.3. The molecule has 0 N–H and O–H groups in total. The molecule has 6 aliphatic rings. The molecule has 0 radical (unpaired) electrons. The predicted molar refractivity (Wildman–Crippen MR) is 98.9 cm³/mol. The van der Waals surface area contributed by atoms with Crippen molar-refractivity contribution in [2.24, 2.45) is 17.8 Å². The van der Waals surface area contributed by atoms with Crippen LogP contribution in [0.25, 0.3) is 31.9 Å². The van der Waals surface area contributed by atoms with Crippen LogP contribution in [0.4, 0.5) is 0 Å². The molecule has 0 aliphatic carbocycles. The van der Waals surface area contributed by atoms with Gasteiger partial charge in [-0.3, -0.25) is 0 Å². The van der Waals surface area contributed by atoms with Gasteiger partial charge in [0.25, 0.3) is 0 Å². The fourth-order valence-corrected chi connectivity index (χ4v) is 4.63. The molecule has 0 aromatic carbocycles. The van der Waals surface area contributed by atoms with Crippen LogP contribution in [0.3, 0.4) is 0 Å². The van der Waals surface area contributed by atoms with E-state index in [-0.39, 0.29) is 17.4 Å². The van der Waals surface area contributed by atoms with E-state index in [1.165, 1.54) is 38.5 Å². The van der Waals surface area contributed by atoms with Gasteiger partial charge in [-0.05, 0) is 0 Å². The van der Waals surface area contributed by atoms with E-state index in [1.54, 1.807) is 0 Å². The van der Waals surface area contributed by atoms with E-state index in [0.717, 1.165) is 57.0 Å². The minimum absolute atomic E-state index is 0. The van der Waals surface area contributed by atoms with Gasteiger partial charge in [0, 0.05) is 0 Å². The maximum Gasteiger partial charge on any atom is 6.00 e. The molecule has 0 saturated carbocycles. The van der Waals surface area contributed by atoms with Crippen molar-refractivity contribution in [2.45, 2.75) is 57.0 Å². The molecule has 6 aliphatic heterocycles. The van der Waals surface area contributed by atoms with Gasteiger partial charge in [0.15, 0.2) is 0 Å². The predicted octanol–water partition coefficient (Wildman–Crippen LogP) is 4.45. The van der Waals surface area contributed by atoms with Crippen molar-refractivity contribution in [3.8, 4) is 0 Å². The number of rotatable bonds is 0. The maximum atomic E-state index is 4.33. The molecule has 6 heterocycles. The van der Waals surface area contributed by atoms with Crippen molar-refractivity contribution in [3.05, 3.63) is 31.9 Å². The first-order valence-corrected chi connectivity index (χ1v) is 9.90. The van der Waals surface area contributed by atoms with Crippen LogP contribution in [0.5, 0.6) is 0 Å². The van der Waals surface area contributed by atoms with Crippen molar-refractivity contribution in [3.63, 3.8) is 0 Å². The molecule has 0 unspecified atom stereocenters. The molecule has 6 nitrogen and oxygen atoms in total.